The van der Waals surface area contributed by atoms with Crippen molar-refractivity contribution in [1.29, 1.82) is 0 Å². The standard InChI is InChI=1S/C10H15N3O2/c14-9-10(13-6-5-12-9)15-7-8-1-3-11-4-2-8/h5-6,8,11H,1-4,7H2,(H,12,14). The molecule has 2 heterocycles. The Labute approximate surface area is 87.9 Å². The number of aromatic amines is 1. The van der Waals surface area contributed by atoms with E-state index in [1.54, 1.807) is 0 Å². The number of nitrogens with one attached hydrogen (secondary N) is 2. The van der Waals surface area contributed by atoms with Crippen LogP contribution in [0, 0.1) is 5.92 Å². The second-order valence-electron chi connectivity index (χ2n) is 3.73. The topological polar surface area (TPSA) is 67.0 Å². The summed E-state index contributed by atoms with van der Waals surface area (Å²) < 4.78 is 5.39. The summed E-state index contributed by atoms with van der Waals surface area (Å²) in [5.74, 6) is 0.712. The van der Waals surface area contributed by atoms with Crippen LogP contribution in [0.5, 0.6) is 5.88 Å². The number of aromatic nitrogens is 2. The fraction of sp³-hybridized carbons (Fsp3) is 0.600. The fourth-order valence-corrected chi connectivity index (χ4v) is 1.69. The minimum absolute atomic E-state index is 0.177. The van der Waals surface area contributed by atoms with Crippen molar-refractivity contribution in [2.45, 2.75) is 12.8 Å². The fourth-order valence-electron chi connectivity index (χ4n) is 1.69. The molecule has 1 aliphatic heterocycles. The molecule has 5 nitrogen and oxygen atoms in total. The molecule has 82 valence electrons. The maximum absolute atomic E-state index is 11.2. The zero-order valence-electron chi connectivity index (χ0n) is 8.53. The number of nitrogens with zero attached hydrogens (tertiary/aromatic N) is 1. The smallest absolute Gasteiger partial charge is 0.310 e. The summed E-state index contributed by atoms with van der Waals surface area (Å²) in [5, 5.41) is 3.29. The Balaban J connectivity index is 1.87. The van der Waals surface area contributed by atoms with Gasteiger partial charge in [0.05, 0.1) is 6.61 Å². The molecule has 0 spiro atoms. The van der Waals surface area contributed by atoms with E-state index < -0.39 is 0 Å². The highest BCUT2D eigenvalue weighted by Gasteiger charge is 2.14. The summed E-state index contributed by atoms with van der Waals surface area (Å²) in [6, 6.07) is 0. The van der Waals surface area contributed by atoms with E-state index >= 15 is 0 Å². The normalized spacial score (nSPS) is 17.6. The van der Waals surface area contributed by atoms with Gasteiger partial charge in [0, 0.05) is 12.4 Å². The first kappa shape index (κ1) is 10.2. The van der Waals surface area contributed by atoms with Gasteiger partial charge in [-0.25, -0.2) is 4.98 Å². The molecular formula is C10H15N3O2. The van der Waals surface area contributed by atoms with Crippen molar-refractivity contribution in [1.82, 2.24) is 15.3 Å². The highest BCUT2D eigenvalue weighted by atomic mass is 16.5. The van der Waals surface area contributed by atoms with Crippen molar-refractivity contribution in [3.63, 3.8) is 0 Å². The molecule has 0 aliphatic carbocycles. The highest BCUT2D eigenvalue weighted by molar-refractivity contribution is 5.02. The van der Waals surface area contributed by atoms with E-state index in [1.165, 1.54) is 12.4 Å². The van der Waals surface area contributed by atoms with Crippen LogP contribution in [0.3, 0.4) is 0 Å². The van der Waals surface area contributed by atoms with Crippen molar-refractivity contribution >= 4 is 0 Å². The van der Waals surface area contributed by atoms with Gasteiger partial charge in [-0.2, -0.15) is 0 Å². The van der Waals surface area contributed by atoms with Crippen LogP contribution in [0.4, 0.5) is 0 Å². The van der Waals surface area contributed by atoms with Crippen LogP contribution >= 0.6 is 0 Å². The molecule has 15 heavy (non-hydrogen) atoms. The quantitative estimate of drug-likeness (QED) is 0.743. The molecule has 2 N–H and O–H groups in total. The molecule has 0 amide bonds. The van der Waals surface area contributed by atoms with Crippen LogP contribution in [0.2, 0.25) is 0 Å². The molecule has 0 saturated carbocycles. The van der Waals surface area contributed by atoms with Gasteiger partial charge in [0.2, 0.25) is 0 Å². The molecule has 0 radical (unpaired) electrons. The van der Waals surface area contributed by atoms with E-state index in [2.05, 4.69) is 15.3 Å². The van der Waals surface area contributed by atoms with Gasteiger partial charge in [0.1, 0.15) is 0 Å². The maximum Gasteiger partial charge on any atom is 0.310 e. The molecule has 0 bridgehead atoms. The molecule has 0 atom stereocenters. The summed E-state index contributed by atoms with van der Waals surface area (Å²) in [4.78, 5) is 17.6. The largest absolute Gasteiger partial charge is 0.473 e. The number of piperidine rings is 1. The Morgan fingerprint density at radius 1 is 1.47 bits per heavy atom. The third-order valence-electron chi connectivity index (χ3n) is 2.59. The van der Waals surface area contributed by atoms with Crippen molar-refractivity contribution in [3.8, 4) is 5.88 Å². The lowest BCUT2D eigenvalue weighted by Crippen LogP contribution is -2.31. The molecule has 5 heteroatoms. The second kappa shape index (κ2) is 4.93. The predicted octanol–water partition coefficient (Wildman–Crippen LogP) is 0.148. The lowest BCUT2D eigenvalue weighted by Gasteiger charge is -2.21. The number of hydrogen-bond acceptors (Lipinski definition) is 4. The Bertz CT molecular complexity index is 358. The number of H-pyrrole nitrogens is 1. The minimum Gasteiger partial charge on any atom is -0.473 e. The van der Waals surface area contributed by atoms with E-state index in [4.69, 9.17) is 4.74 Å². The first-order valence-corrected chi connectivity index (χ1v) is 5.23. The lowest BCUT2D eigenvalue weighted by molar-refractivity contribution is 0.206. The van der Waals surface area contributed by atoms with E-state index in [1.807, 2.05) is 0 Å². The predicted molar refractivity (Wildman–Crippen MR) is 55.9 cm³/mol. The lowest BCUT2D eigenvalue weighted by atomic mass is 9.99. The average molecular weight is 209 g/mol. The van der Waals surface area contributed by atoms with Gasteiger partial charge in [0.15, 0.2) is 0 Å². The maximum atomic E-state index is 11.2. The zero-order chi connectivity index (χ0) is 10.5. The van der Waals surface area contributed by atoms with Crippen molar-refractivity contribution in [2.24, 2.45) is 5.92 Å². The summed E-state index contributed by atoms with van der Waals surface area (Å²) in [5.41, 5.74) is -0.258. The Morgan fingerprint density at radius 2 is 2.27 bits per heavy atom. The summed E-state index contributed by atoms with van der Waals surface area (Å²) in [6.45, 7) is 2.65. The van der Waals surface area contributed by atoms with E-state index in [-0.39, 0.29) is 11.4 Å². The molecule has 1 saturated heterocycles. The Morgan fingerprint density at radius 3 is 3.00 bits per heavy atom. The third-order valence-corrected chi connectivity index (χ3v) is 2.59. The molecule has 1 aromatic heterocycles. The molecule has 0 aromatic carbocycles. The van der Waals surface area contributed by atoms with Crippen molar-refractivity contribution in [2.75, 3.05) is 19.7 Å². The van der Waals surface area contributed by atoms with Crippen LogP contribution in [0.1, 0.15) is 12.8 Å². The van der Waals surface area contributed by atoms with Crippen molar-refractivity contribution in [3.05, 3.63) is 22.7 Å². The summed E-state index contributed by atoms with van der Waals surface area (Å²) in [6.07, 6.45) is 5.23. The van der Waals surface area contributed by atoms with Gasteiger partial charge in [-0.1, -0.05) is 0 Å². The molecule has 0 unspecified atom stereocenters. The first-order valence-electron chi connectivity index (χ1n) is 5.23. The van der Waals surface area contributed by atoms with Crippen LogP contribution in [0.15, 0.2) is 17.2 Å². The SMILES string of the molecule is O=c1[nH]ccnc1OCC1CCNCC1. The minimum atomic E-state index is -0.258. The third kappa shape index (κ3) is 2.79. The van der Waals surface area contributed by atoms with Gasteiger partial charge in [-0.15, -0.1) is 0 Å². The molecule has 1 aliphatic rings. The second-order valence-corrected chi connectivity index (χ2v) is 3.73. The van der Waals surface area contributed by atoms with Crippen LogP contribution < -0.4 is 15.6 Å². The van der Waals surface area contributed by atoms with Crippen LogP contribution in [-0.2, 0) is 0 Å². The van der Waals surface area contributed by atoms with Crippen LogP contribution in [-0.4, -0.2) is 29.7 Å². The number of hydrogen-bond donors (Lipinski definition) is 2. The Hall–Kier alpha value is -1.36. The summed E-state index contributed by atoms with van der Waals surface area (Å²) in [7, 11) is 0. The molecular weight excluding hydrogens is 194 g/mol. The van der Waals surface area contributed by atoms with E-state index in [0.717, 1.165) is 25.9 Å². The number of rotatable bonds is 3. The molecule has 1 fully saturated rings. The van der Waals surface area contributed by atoms with Gasteiger partial charge in [-0.05, 0) is 31.8 Å². The summed E-state index contributed by atoms with van der Waals surface area (Å²) >= 11 is 0. The van der Waals surface area contributed by atoms with Gasteiger partial charge >= 0.3 is 5.56 Å². The highest BCUT2D eigenvalue weighted by Crippen LogP contribution is 2.12. The van der Waals surface area contributed by atoms with E-state index in [9.17, 15) is 4.79 Å². The van der Waals surface area contributed by atoms with Gasteiger partial charge in [0.25, 0.3) is 5.88 Å². The monoisotopic (exact) mass is 209 g/mol. The van der Waals surface area contributed by atoms with Gasteiger partial charge < -0.3 is 15.0 Å². The Kier molecular flexibility index (Phi) is 3.34. The van der Waals surface area contributed by atoms with E-state index in [0.29, 0.717) is 12.5 Å². The average Bonchev–Trinajstić information content (AvgIpc) is 2.29. The number of ether oxygens (including phenoxy) is 1. The zero-order valence-corrected chi connectivity index (χ0v) is 8.53. The first-order chi connectivity index (χ1) is 7.36. The van der Waals surface area contributed by atoms with Gasteiger partial charge in [-0.3, -0.25) is 4.79 Å². The molecule has 2 rings (SSSR count). The van der Waals surface area contributed by atoms with Crippen LogP contribution in [0.25, 0.3) is 0 Å². The molecule has 1 aromatic rings. The van der Waals surface area contributed by atoms with Crippen molar-refractivity contribution < 1.29 is 4.74 Å².